The van der Waals surface area contributed by atoms with Gasteiger partial charge in [-0.3, -0.25) is 14.9 Å². The summed E-state index contributed by atoms with van der Waals surface area (Å²) in [7, 11) is 1.83. The van der Waals surface area contributed by atoms with Crippen LogP contribution in [-0.4, -0.2) is 54.2 Å². The van der Waals surface area contributed by atoms with Crippen LogP contribution in [-0.2, 0) is 6.54 Å². The average Bonchev–Trinajstić information content (AvgIpc) is 2.99. The summed E-state index contributed by atoms with van der Waals surface area (Å²) >= 11 is 0. The number of guanidine groups is 1. The highest BCUT2D eigenvalue weighted by Gasteiger charge is 2.40. The molecule has 6 nitrogen and oxygen atoms in total. The highest BCUT2D eigenvalue weighted by Crippen LogP contribution is 2.36. The lowest BCUT2D eigenvalue weighted by molar-refractivity contribution is 0.114. The molecule has 0 radical (unpaired) electrons. The molecule has 0 spiro atoms. The number of hydrogen-bond donors (Lipinski definition) is 2. The second-order valence-electron chi connectivity index (χ2n) is 7.89. The number of piperidine rings is 1. The summed E-state index contributed by atoms with van der Waals surface area (Å²) in [5.74, 6) is 1.65. The Balaban J connectivity index is 1.22. The molecular weight excluding hydrogens is 362 g/mol. The van der Waals surface area contributed by atoms with Gasteiger partial charge in [-0.1, -0.05) is 30.3 Å². The third-order valence-corrected chi connectivity index (χ3v) is 5.95. The molecule has 1 aromatic carbocycles. The Hall–Kier alpha value is -2.60. The number of aliphatic imine (C=N–C) groups is 1. The van der Waals surface area contributed by atoms with E-state index in [1.807, 2.05) is 19.2 Å². The molecule has 0 aliphatic carbocycles. The number of hydrogen-bond acceptors (Lipinski definition) is 4. The van der Waals surface area contributed by atoms with Gasteiger partial charge in [-0.15, -0.1) is 0 Å². The summed E-state index contributed by atoms with van der Waals surface area (Å²) in [4.78, 5) is 11.2. The zero-order valence-corrected chi connectivity index (χ0v) is 17.1. The molecule has 6 heteroatoms. The molecule has 2 N–H and O–H groups in total. The highest BCUT2D eigenvalue weighted by atomic mass is 16.5. The first-order valence-electron chi connectivity index (χ1n) is 10.6. The second-order valence-corrected chi connectivity index (χ2v) is 7.89. The molecule has 154 valence electrons. The minimum Gasteiger partial charge on any atom is -0.490 e. The summed E-state index contributed by atoms with van der Waals surface area (Å²) < 4.78 is 5.69. The summed E-state index contributed by atoms with van der Waals surface area (Å²) in [6.45, 7) is 2.35. The topological polar surface area (TPSA) is 61.8 Å². The van der Waals surface area contributed by atoms with Crippen LogP contribution in [0.3, 0.4) is 0 Å². The fourth-order valence-corrected chi connectivity index (χ4v) is 4.60. The van der Waals surface area contributed by atoms with E-state index in [-0.39, 0.29) is 0 Å². The van der Waals surface area contributed by atoms with Crippen LogP contribution in [0.5, 0.6) is 5.75 Å². The Morgan fingerprint density at radius 3 is 2.62 bits per heavy atom. The number of aromatic nitrogens is 1. The van der Waals surface area contributed by atoms with Gasteiger partial charge < -0.3 is 15.4 Å². The molecule has 2 aliphatic heterocycles. The molecule has 0 saturated carbocycles. The molecule has 29 heavy (non-hydrogen) atoms. The van der Waals surface area contributed by atoms with Crippen LogP contribution in [0.15, 0.2) is 59.9 Å². The lowest BCUT2D eigenvalue weighted by atomic mass is 9.96. The fraction of sp³-hybridized carbons (Fsp3) is 0.478. The average molecular weight is 394 g/mol. The first kappa shape index (κ1) is 19.7. The smallest absolute Gasteiger partial charge is 0.191 e. The molecule has 2 aromatic rings. The summed E-state index contributed by atoms with van der Waals surface area (Å²) in [6.07, 6.45) is 8.44. The third kappa shape index (κ3) is 5.26. The van der Waals surface area contributed by atoms with Crippen molar-refractivity contribution >= 4 is 5.96 Å². The van der Waals surface area contributed by atoms with Gasteiger partial charge in [-0.2, -0.15) is 0 Å². The highest BCUT2D eigenvalue weighted by molar-refractivity contribution is 5.80. The monoisotopic (exact) mass is 393 g/mol. The van der Waals surface area contributed by atoms with Crippen molar-refractivity contribution in [3.63, 3.8) is 0 Å². The summed E-state index contributed by atoms with van der Waals surface area (Å²) in [6, 6.07) is 16.4. The molecule has 2 aliphatic rings. The number of pyridine rings is 1. The van der Waals surface area contributed by atoms with Crippen LogP contribution in [0.4, 0.5) is 0 Å². The van der Waals surface area contributed by atoms with Gasteiger partial charge in [0.05, 0.1) is 12.7 Å². The first-order valence-corrected chi connectivity index (χ1v) is 10.6. The normalized spacial score (nSPS) is 24.3. The molecule has 3 heterocycles. The lowest BCUT2D eigenvalue weighted by Crippen LogP contribution is -2.52. The van der Waals surface area contributed by atoms with E-state index < -0.39 is 0 Å². The lowest BCUT2D eigenvalue weighted by Gasteiger charge is -2.39. The maximum atomic E-state index is 5.69. The zero-order valence-electron chi connectivity index (χ0n) is 17.1. The van der Waals surface area contributed by atoms with Crippen molar-refractivity contribution in [2.75, 3.05) is 20.2 Å². The van der Waals surface area contributed by atoms with E-state index in [0.717, 1.165) is 18.3 Å². The molecule has 2 fully saturated rings. The van der Waals surface area contributed by atoms with Crippen LogP contribution >= 0.6 is 0 Å². The predicted octanol–water partition coefficient (Wildman–Crippen LogP) is 2.82. The number of rotatable bonds is 7. The van der Waals surface area contributed by atoms with Crippen molar-refractivity contribution < 1.29 is 4.74 Å². The molecule has 2 unspecified atom stereocenters. The van der Waals surface area contributed by atoms with Crippen LogP contribution < -0.4 is 15.4 Å². The molecule has 0 amide bonds. The molecular formula is C23H31N5O. The minimum absolute atomic E-state index is 0.477. The first-order chi connectivity index (χ1) is 14.3. The van der Waals surface area contributed by atoms with Crippen LogP contribution in [0.2, 0.25) is 0 Å². The standard InChI is InChI=1S/C23H31N5O/c1-24-23(26-12-13-29-22-8-5-11-25-16-22)27-19-14-20-9-10-21(15-19)28(20)17-18-6-3-2-4-7-18/h2-8,11,16,19-21H,9-10,12-15,17H2,1H3,(H2,24,26,27). The van der Waals surface area contributed by atoms with E-state index in [4.69, 9.17) is 4.74 Å². The summed E-state index contributed by atoms with van der Waals surface area (Å²) in [5.41, 5.74) is 1.42. The largest absolute Gasteiger partial charge is 0.490 e. The van der Waals surface area contributed by atoms with Gasteiger partial charge in [0.2, 0.25) is 0 Å². The Kier molecular flexibility index (Phi) is 6.62. The number of nitrogens with zero attached hydrogens (tertiary/aromatic N) is 3. The van der Waals surface area contributed by atoms with Gasteiger partial charge >= 0.3 is 0 Å². The van der Waals surface area contributed by atoms with Gasteiger partial charge in [0.15, 0.2) is 5.96 Å². The fourth-order valence-electron chi connectivity index (χ4n) is 4.60. The molecule has 2 saturated heterocycles. The Bertz CT molecular complexity index is 768. The number of nitrogens with one attached hydrogen (secondary N) is 2. The van der Waals surface area contributed by atoms with E-state index in [2.05, 4.69) is 55.8 Å². The van der Waals surface area contributed by atoms with Gasteiger partial charge in [0.25, 0.3) is 0 Å². The Morgan fingerprint density at radius 2 is 1.93 bits per heavy atom. The molecule has 1 aromatic heterocycles. The van der Waals surface area contributed by atoms with Crippen molar-refractivity contribution in [1.82, 2.24) is 20.5 Å². The van der Waals surface area contributed by atoms with Crippen molar-refractivity contribution in [3.05, 3.63) is 60.4 Å². The van der Waals surface area contributed by atoms with E-state index in [1.165, 1.54) is 31.2 Å². The summed E-state index contributed by atoms with van der Waals surface area (Å²) in [5, 5.41) is 7.00. The SMILES string of the molecule is CN=C(NCCOc1cccnc1)NC1CC2CCC(C1)N2Cc1ccccc1. The molecule has 4 rings (SSSR count). The van der Waals surface area contributed by atoms with E-state index in [9.17, 15) is 0 Å². The van der Waals surface area contributed by atoms with Gasteiger partial charge in [0, 0.05) is 37.9 Å². The second kappa shape index (κ2) is 9.74. The third-order valence-electron chi connectivity index (χ3n) is 5.95. The number of benzene rings is 1. The van der Waals surface area contributed by atoms with Crippen molar-refractivity contribution in [3.8, 4) is 5.75 Å². The van der Waals surface area contributed by atoms with Crippen LogP contribution in [0, 0.1) is 0 Å². The van der Waals surface area contributed by atoms with Gasteiger partial charge in [-0.25, -0.2) is 0 Å². The van der Waals surface area contributed by atoms with E-state index in [0.29, 0.717) is 31.3 Å². The van der Waals surface area contributed by atoms with Crippen molar-refractivity contribution in [1.29, 1.82) is 0 Å². The Morgan fingerprint density at radius 1 is 1.14 bits per heavy atom. The van der Waals surface area contributed by atoms with Crippen molar-refractivity contribution in [2.45, 2.75) is 50.4 Å². The van der Waals surface area contributed by atoms with Crippen LogP contribution in [0.1, 0.15) is 31.2 Å². The van der Waals surface area contributed by atoms with Crippen LogP contribution in [0.25, 0.3) is 0 Å². The molecule has 2 atom stereocenters. The number of fused-ring (bicyclic) bond motifs is 2. The quantitative estimate of drug-likeness (QED) is 0.430. The predicted molar refractivity (Wildman–Crippen MR) is 116 cm³/mol. The maximum Gasteiger partial charge on any atom is 0.191 e. The van der Waals surface area contributed by atoms with Gasteiger partial charge in [0.1, 0.15) is 12.4 Å². The number of ether oxygens (including phenoxy) is 1. The minimum atomic E-state index is 0.477. The van der Waals surface area contributed by atoms with Crippen molar-refractivity contribution in [2.24, 2.45) is 4.99 Å². The van der Waals surface area contributed by atoms with Gasteiger partial charge in [-0.05, 0) is 43.4 Å². The van der Waals surface area contributed by atoms with E-state index in [1.54, 1.807) is 12.4 Å². The molecule has 2 bridgehead atoms. The Labute approximate surface area is 173 Å². The maximum absolute atomic E-state index is 5.69. The van der Waals surface area contributed by atoms with E-state index >= 15 is 0 Å². The zero-order chi connectivity index (χ0) is 19.9.